The van der Waals surface area contributed by atoms with Crippen molar-refractivity contribution in [2.45, 2.75) is 50.8 Å². The highest BCUT2D eigenvalue weighted by atomic mass is 35.5. The van der Waals surface area contributed by atoms with Crippen molar-refractivity contribution >= 4 is 25.2 Å². The summed E-state index contributed by atoms with van der Waals surface area (Å²) in [5.74, 6) is 0.547. The number of H-pyrrole nitrogens is 1. The molecule has 1 fully saturated rings. The lowest BCUT2D eigenvalue weighted by Crippen LogP contribution is -2.55. The number of rotatable bonds is 10. The van der Waals surface area contributed by atoms with E-state index in [0.717, 1.165) is 6.33 Å². The van der Waals surface area contributed by atoms with E-state index in [1.54, 1.807) is 32.0 Å². The van der Waals surface area contributed by atoms with E-state index in [9.17, 15) is 24.1 Å². The van der Waals surface area contributed by atoms with Crippen molar-refractivity contribution in [2.75, 3.05) is 12.7 Å². The number of hydrogen-bond donors (Lipinski definition) is 3. The van der Waals surface area contributed by atoms with Crippen LogP contribution in [0.15, 0.2) is 46.2 Å². The number of carbonyl (C=O) groups excluding carboxylic acids is 1. The third-order valence-corrected chi connectivity index (χ3v) is 7.23. The lowest BCUT2D eigenvalue weighted by Gasteiger charge is -2.27. The third-order valence-electron chi connectivity index (χ3n) is 5.27. The van der Waals surface area contributed by atoms with Gasteiger partial charge in [-0.25, -0.2) is 14.2 Å². The van der Waals surface area contributed by atoms with Crippen LogP contribution in [0.5, 0.6) is 5.75 Å². The number of nitrogens with zero attached hydrogens (tertiary/aromatic N) is 2. The molecule has 1 aliphatic rings. The fourth-order valence-corrected chi connectivity index (χ4v) is 5.35. The van der Waals surface area contributed by atoms with E-state index in [0.29, 0.717) is 4.57 Å². The molecular weight excluding hydrogens is 543 g/mol. The highest BCUT2D eigenvalue weighted by molar-refractivity contribution is 7.54. The van der Waals surface area contributed by atoms with Crippen LogP contribution in [0, 0.1) is 17.2 Å². The molecule has 0 spiro atoms. The molecule has 1 aromatic carbocycles. The van der Waals surface area contributed by atoms with Gasteiger partial charge < -0.3 is 24.8 Å². The first kappa shape index (κ1) is 26.6. The Morgan fingerprint density at radius 3 is 2.68 bits per heavy atom. The van der Waals surface area contributed by atoms with Crippen LogP contribution in [0.1, 0.15) is 29.7 Å². The topological polar surface area (TPSA) is 185 Å². The number of hydrogen-bond acceptors (Lipinski definition) is 11. The van der Waals surface area contributed by atoms with Crippen molar-refractivity contribution in [3.63, 3.8) is 0 Å². The van der Waals surface area contributed by atoms with Crippen molar-refractivity contribution in [3.05, 3.63) is 57.6 Å². The monoisotopic (exact) mass is 572 g/mol. The molecule has 1 aliphatic heterocycles. The van der Waals surface area contributed by atoms with E-state index in [2.05, 4.69) is 10.9 Å². The lowest BCUT2D eigenvalue weighted by molar-refractivity contribution is -0.151. The summed E-state index contributed by atoms with van der Waals surface area (Å²) in [5.41, 5.74) is 1.97. The Hall–Kier alpha value is -2.98. The molecule has 1 saturated heterocycles. The molecular formula is C23H28ClN4O9P. The molecule has 1 unspecified atom stereocenters. The summed E-state index contributed by atoms with van der Waals surface area (Å²) in [6, 6.07) is 7.69. The number of aliphatic hydroxyl groups excluding tert-OH is 1. The molecule has 2 aromatic rings. The Kier molecular flexibility index (Phi) is 8.58. The molecule has 0 saturated carbocycles. The van der Waals surface area contributed by atoms with Crippen LogP contribution in [-0.2, 0) is 23.4 Å². The first-order valence-corrected chi connectivity index (χ1v) is 13.4. The predicted molar refractivity (Wildman–Crippen MR) is 135 cm³/mol. The predicted octanol–water partition coefficient (Wildman–Crippen LogP) is 0.963. The molecule has 0 aliphatic carbocycles. The minimum atomic E-state index is -4.56. The molecule has 6 atom stereocenters. The SMILES string of the molecule is [2H]C([2H])(O[P@@](=O)(C[C@@H](C)C(=O)OC(C)C)Oc1ccccc1)[C@H]1O[C@@H](n2cnc(=O)[nH]c2=O)C(N)(C#CCl)[C@H]1O. The molecule has 0 amide bonds. The summed E-state index contributed by atoms with van der Waals surface area (Å²) in [7, 11) is -4.56. The van der Waals surface area contributed by atoms with Crippen molar-refractivity contribution in [3.8, 4) is 17.0 Å². The average Bonchev–Trinajstić information content (AvgIpc) is 3.10. The number of aromatic nitrogens is 3. The number of halogens is 1. The van der Waals surface area contributed by atoms with Gasteiger partial charge in [-0.05, 0) is 37.6 Å². The number of nitrogens with one attached hydrogen (secondary N) is 1. The quantitative estimate of drug-likeness (QED) is 0.209. The Morgan fingerprint density at radius 2 is 2.08 bits per heavy atom. The Bertz CT molecular complexity index is 1450. The number of benzene rings is 1. The highest BCUT2D eigenvalue weighted by Gasteiger charge is 2.55. The zero-order valence-corrected chi connectivity index (χ0v) is 22.2. The summed E-state index contributed by atoms with van der Waals surface area (Å²) in [4.78, 5) is 41.6. The molecule has 2 heterocycles. The van der Waals surface area contributed by atoms with E-state index in [1.807, 2.05) is 10.4 Å². The number of ether oxygens (including phenoxy) is 2. The Labute approximate surface area is 225 Å². The second-order valence-corrected chi connectivity index (χ2v) is 10.8. The summed E-state index contributed by atoms with van der Waals surface area (Å²) in [5, 5.41) is 13.0. The summed E-state index contributed by atoms with van der Waals surface area (Å²) < 4.78 is 53.5. The summed E-state index contributed by atoms with van der Waals surface area (Å²) in [6.45, 7) is 1.53. The largest absolute Gasteiger partial charge is 0.463 e. The first-order valence-electron chi connectivity index (χ1n) is 12.3. The molecule has 38 heavy (non-hydrogen) atoms. The van der Waals surface area contributed by atoms with Crippen molar-refractivity contribution < 1.29 is 35.7 Å². The van der Waals surface area contributed by atoms with Crippen LogP contribution in [0.2, 0.25) is 0 Å². The summed E-state index contributed by atoms with van der Waals surface area (Å²) >= 11 is 5.53. The van der Waals surface area contributed by atoms with Crippen LogP contribution in [0.25, 0.3) is 0 Å². The van der Waals surface area contributed by atoms with Gasteiger partial charge in [0, 0.05) is 5.38 Å². The molecule has 13 nitrogen and oxygen atoms in total. The van der Waals surface area contributed by atoms with Crippen molar-refractivity contribution in [1.82, 2.24) is 14.5 Å². The van der Waals surface area contributed by atoms with Crippen LogP contribution in [-0.4, -0.2) is 62.2 Å². The van der Waals surface area contributed by atoms with Gasteiger partial charge in [0.15, 0.2) is 11.8 Å². The zero-order valence-electron chi connectivity index (χ0n) is 22.6. The van der Waals surface area contributed by atoms with Gasteiger partial charge in [-0.3, -0.25) is 18.9 Å². The third kappa shape index (κ3) is 6.91. The molecule has 1 aromatic heterocycles. The number of nitrogens with two attached hydrogens (primary N) is 1. The maximum absolute atomic E-state index is 14.0. The maximum Gasteiger partial charge on any atom is 0.380 e. The normalized spacial score (nSPS) is 26.3. The Morgan fingerprint density at radius 1 is 1.39 bits per heavy atom. The second kappa shape index (κ2) is 12.3. The number of carbonyl (C=O) groups is 1. The fraction of sp³-hybridized carbons (Fsp3) is 0.478. The second-order valence-electron chi connectivity index (χ2n) is 8.69. The molecule has 4 N–H and O–H groups in total. The van der Waals surface area contributed by atoms with E-state index in [1.165, 1.54) is 19.1 Å². The molecule has 206 valence electrons. The average molecular weight is 573 g/mol. The van der Waals surface area contributed by atoms with E-state index < -0.39 is 73.7 Å². The smallest absolute Gasteiger partial charge is 0.380 e. The summed E-state index contributed by atoms with van der Waals surface area (Å²) in [6.07, 6.45) is -6.13. The van der Waals surface area contributed by atoms with Gasteiger partial charge in [0.25, 0.3) is 0 Å². The molecule has 3 rings (SSSR count). The van der Waals surface area contributed by atoms with Crippen LogP contribution in [0.4, 0.5) is 0 Å². The standard InChI is InChI=1S/C23H28ClN4O9P/c1-14(2)35-19(30)15(3)12-38(33,37-16-7-5-4-6-8-16)34-11-17-18(29)23(25,9-10-24)20(36-17)28-13-26-21(31)27-22(28)32/h4-8,13-15,17-18,20,29H,11-12,25H2,1-3H3,(H,27,31,32)/t15-,17-,18+,20-,23?,38+/m1/s1/i11D2. The maximum atomic E-state index is 14.0. The van der Waals surface area contributed by atoms with Gasteiger partial charge in [0.05, 0.1) is 27.5 Å². The lowest BCUT2D eigenvalue weighted by atomic mass is 9.92. The van der Waals surface area contributed by atoms with Crippen LogP contribution >= 0.6 is 19.2 Å². The van der Waals surface area contributed by atoms with Gasteiger partial charge in [0.1, 0.15) is 24.3 Å². The van der Waals surface area contributed by atoms with E-state index in [4.69, 9.17) is 38.6 Å². The van der Waals surface area contributed by atoms with Crippen molar-refractivity contribution in [1.29, 1.82) is 0 Å². The van der Waals surface area contributed by atoms with Gasteiger partial charge in [0.2, 0.25) is 0 Å². The number of aliphatic hydroxyl groups is 1. The highest BCUT2D eigenvalue weighted by Crippen LogP contribution is 2.51. The van der Waals surface area contributed by atoms with Crippen LogP contribution < -0.4 is 21.6 Å². The number of esters is 1. The van der Waals surface area contributed by atoms with Gasteiger partial charge >= 0.3 is 24.9 Å². The minimum Gasteiger partial charge on any atom is -0.463 e. The fourth-order valence-electron chi connectivity index (χ4n) is 3.48. The van der Waals surface area contributed by atoms with Gasteiger partial charge in [-0.15, -0.1) is 0 Å². The molecule has 0 radical (unpaired) electrons. The van der Waals surface area contributed by atoms with Gasteiger partial charge in [-0.2, -0.15) is 4.98 Å². The minimum absolute atomic E-state index is 0.0453. The first-order chi connectivity index (χ1) is 18.6. The number of aromatic amines is 1. The van der Waals surface area contributed by atoms with E-state index >= 15 is 0 Å². The van der Waals surface area contributed by atoms with E-state index in [-0.39, 0.29) is 5.75 Å². The zero-order chi connectivity index (χ0) is 29.9. The van der Waals surface area contributed by atoms with Crippen LogP contribution in [0.3, 0.4) is 0 Å². The van der Waals surface area contributed by atoms with Gasteiger partial charge in [-0.1, -0.05) is 31.0 Å². The van der Waals surface area contributed by atoms with Crippen molar-refractivity contribution in [2.24, 2.45) is 11.7 Å². The molecule has 0 bridgehead atoms. The molecule has 15 heteroatoms. The number of para-hydroxylation sites is 1. The Balaban J connectivity index is 1.99.